The molecular weight excluding hydrogens is 154 g/mol. The summed E-state index contributed by atoms with van der Waals surface area (Å²) in [4.78, 5) is 0. The third kappa shape index (κ3) is 1.37. The lowest BCUT2D eigenvalue weighted by molar-refractivity contribution is -0.0453. The third-order valence-electron chi connectivity index (χ3n) is 3.15. The van der Waals surface area contributed by atoms with Gasteiger partial charge in [-0.25, -0.2) is 0 Å². The zero-order valence-electron chi connectivity index (χ0n) is 7.97. The highest BCUT2D eigenvalue weighted by molar-refractivity contribution is 5.04. The van der Waals surface area contributed by atoms with Crippen molar-refractivity contribution in [3.8, 4) is 0 Å². The number of hydrogen-bond donors (Lipinski definition) is 2. The van der Waals surface area contributed by atoms with E-state index in [1.165, 1.54) is 0 Å². The van der Waals surface area contributed by atoms with Crippen molar-refractivity contribution in [3.63, 3.8) is 0 Å². The maximum absolute atomic E-state index is 10.2. The number of ether oxygens (including phenoxy) is 1. The van der Waals surface area contributed by atoms with Crippen LogP contribution in [0.3, 0.4) is 0 Å². The topological polar surface area (TPSA) is 55.5 Å². The maximum atomic E-state index is 10.2. The molecule has 3 nitrogen and oxygen atoms in total. The highest BCUT2D eigenvalue weighted by atomic mass is 16.5. The average Bonchev–Trinajstić information content (AvgIpc) is 2.52. The average molecular weight is 173 g/mol. The van der Waals surface area contributed by atoms with Gasteiger partial charge in [0.15, 0.2) is 0 Å². The van der Waals surface area contributed by atoms with Crippen LogP contribution in [0, 0.1) is 0 Å². The fourth-order valence-corrected chi connectivity index (χ4v) is 1.90. The highest BCUT2D eigenvalue weighted by Gasteiger charge is 2.47. The van der Waals surface area contributed by atoms with Crippen LogP contribution in [0.4, 0.5) is 0 Å². The summed E-state index contributed by atoms with van der Waals surface area (Å²) >= 11 is 0. The van der Waals surface area contributed by atoms with Crippen molar-refractivity contribution < 1.29 is 9.84 Å². The van der Waals surface area contributed by atoms with E-state index < -0.39 is 11.1 Å². The summed E-state index contributed by atoms with van der Waals surface area (Å²) in [5, 5.41) is 10.2. The van der Waals surface area contributed by atoms with Gasteiger partial charge in [-0.05, 0) is 19.3 Å². The molecule has 72 valence electrons. The molecule has 0 saturated carbocycles. The van der Waals surface area contributed by atoms with Gasteiger partial charge in [-0.1, -0.05) is 13.8 Å². The molecule has 1 aliphatic heterocycles. The molecule has 1 saturated heterocycles. The van der Waals surface area contributed by atoms with Crippen molar-refractivity contribution in [2.75, 3.05) is 13.2 Å². The summed E-state index contributed by atoms with van der Waals surface area (Å²) in [5.74, 6) is 0. The lowest BCUT2D eigenvalue weighted by Gasteiger charge is -2.40. The summed E-state index contributed by atoms with van der Waals surface area (Å²) in [7, 11) is 0. The van der Waals surface area contributed by atoms with Gasteiger partial charge < -0.3 is 15.6 Å². The van der Waals surface area contributed by atoms with Gasteiger partial charge in [0.1, 0.15) is 0 Å². The first kappa shape index (κ1) is 9.96. The lowest BCUT2D eigenvalue weighted by Crippen LogP contribution is -2.60. The molecule has 1 aliphatic rings. The van der Waals surface area contributed by atoms with E-state index in [0.717, 1.165) is 6.42 Å². The highest BCUT2D eigenvalue weighted by Crippen LogP contribution is 2.33. The van der Waals surface area contributed by atoms with Crippen LogP contribution in [-0.2, 0) is 4.74 Å². The Morgan fingerprint density at radius 3 is 2.42 bits per heavy atom. The molecule has 1 rings (SSSR count). The Morgan fingerprint density at radius 2 is 2.08 bits per heavy atom. The first-order valence-corrected chi connectivity index (χ1v) is 4.67. The molecule has 0 aliphatic carbocycles. The summed E-state index contributed by atoms with van der Waals surface area (Å²) in [6, 6.07) is 0. The quantitative estimate of drug-likeness (QED) is 0.659. The van der Waals surface area contributed by atoms with Crippen molar-refractivity contribution in [1.29, 1.82) is 0 Å². The van der Waals surface area contributed by atoms with Crippen LogP contribution in [0.2, 0.25) is 0 Å². The van der Waals surface area contributed by atoms with Crippen LogP contribution >= 0.6 is 0 Å². The van der Waals surface area contributed by atoms with Gasteiger partial charge in [-0.3, -0.25) is 0 Å². The fourth-order valence-electron chi connectivity index (χ4n) is 1.90. The summed E-state index contributed by atoms with van der Waals surface area (Å²) in [6.45, 7) is 5.11. The van der Waals surface area contributed by atoms with Crippen LogP contribution in [0.1, 0.15) is 33.1 Å². The third-order valence-corrected chi connectivity index (χ3v) is 3.15. The zero-order chi connectivity index (χ0) is 9.24. The minimum atomic E-state index is -0.747. The summed E-state index contributed by atoms with van der Waals surface area (Å²) in [5.41, 5.74) is 4.82. The van der Waals surface area contributed by atoms with Gasteiger partial charge in [0.25, 0.3) is 0 Å². The molecule has 12 heavy (non-hydrogen) atoms. The summed E-state index contributed by atoms with van der Waals surface area (Å²) in [6.07, 6.45) is 2.16. The second-order valence-corrected chi connectivity index (χ2v) is 3.70. The number of nitrogens with two attached hydrogens (primary N) is 1. The van der Waals surface area contributed by atoms with Crippen molar-refractivity contribution in [3.05, 3.63) is 0 Å². The Balaban J connectivity index is 2.75. The molecule has 3 heteroatoms. The minimum Gasteiger partial charge on any atom is -0.388 e. The Morgan fingerprint density at radius 1 is 1.50 bits per heavy atom. The molecule has 0 aromatic heterocycles. The van der Waals surface area contributed by atoms with Crippen LogP contribution in [-0.4, -0.2) is 29.5 Å². The molecular formula is C9H19NO2. The second-order valence-electron chi connectivity index (χ2n) is 3.70. The van der Waals surface area contributed by atoms with Crippen LogP contribution in [0.15, 0.2) is 0 Å². The second kappa shape index (κ2) is 3.32. The SMILES string of the molecule is CCC(O)(CC)C1(N)CCOC1. The Kier molecular flexibility index (Phi) is 2.76. The Bertz CT molecular complexity index is 147. The van der Waals surface area contributed by atoms with E-state index in [1.807, 2.05) is 13.8 Å². The number of rotatable bonds is 3. The molecule has 0 bridgehead atoms. The predicted octanol–water partition coefficient (Wildman–Crippen LogP) is 0.655. The molecule has 0 amide bonds. The standard InChI is InChI=1S/C9H19NO2/c1-3-9(11,4-2)8(10)5-6-12-7-8/h11H,3-7,10H2,1-2H3. The number of hydrogen-bond acceptors (Lipinski definition) is 3. The van der Waals surface area contributed by atoms with Crippen molar-refractivity contribution in [1.82, 2.24) is 0 Å². The van der Waals surface area contributed by atoms with Gasteiger partial charge in [0.2, 0.25) is 0 Å². The molecule has 0 aromatic carbocycles. The van der Waals surface area contributed by atoms with Gasteiger partial charge >= 0.3 is 0 Å². The van der Waals surface area contributed by atoms with E-state index in [1.54, 1.807) is 0 Å². The first-order valence-electron chi connectivity index (χ1n) is 4.67. The van der Waals surface area contributed by atoms with Gasteiger partial charge in [0, 0.05) is 6.61 Å². The molecule has 0 spiro atoms. The molecule has 0 aromatic rings. The normalized spacial score (nSPS) is 31.0. The molecule has 1 unspecified atom stereocenters. The first-order chi connectivity index (χ1) is 5.58. The van der Waals surface area contributed by atoms with Crippen molar-refractivity contribution in [2.45, 2.75) is 44.2 Å². The van der Waals surface area contributed by atoms with E-state index in [2.05, 4.69) is 0 Å². The monoisotopic (exact) mass is 173 g/mol. The van der Waals surface area contributed by atoms with Crippen molar-refractivity contribution >= 4 is 0 Å². The Hall–Kier alpha value is -0.120. The molecule has 1 fully saturated rings. The minimum absolute atomic E-state index is 0.491. The molecule has 0 radical (unpaired) electrons. The zero-order valence-corrected chi connectivity index (χ0v) is 7.97. The maximum Gasteiger partial charge on any atom is 0.0844 e. The van der Waals surface area contributed by atoms with Gasteiger partial charge in [-0.15, -0.1) is 0 Å². The smallest absolute Gasteiger partial charge is 0.0844 e. The molecule has 3 N–H and O–H groups in total. The van der Waals surface area contributed by atoms with E-state index in [0.29, 0.717) is 26.1 Å². The van der Waals surface area contributed by atoms with Crippen LogP contribution in [0.5, 0.6) is 0 Å². The van der Waals surface area contributed by atoms with Crippen LogP contribution in [0.25, 0.3) is 0 Å². The summed E-state index contributed by atoms with van der Waals surface area (Å²) < 4.78 is 5.22. The number of aliphatic hydroxyl groups is 1. The predicted molar refractivity (Wildman–Crippen MR) is 47.9 cm³/mol. The van der Waals surface area contributed by atoms with E-state index in [-0.39, 0.29) is 0 Å². The van der Waals surface area contributed by atoms with Crippen molar-refractivity contribution in [2.24, 2.45) is 5.73 Å². The van der Waals surface area contributed by atoms with Gasteiger partial charge in [-0.2, -0.15) is 0 Å². The van der Waals surface area contributed by atoms with Gasteiger partial charge in [0.05, 0.1) is 17.7 Å². The van der Waals surface area contributed by atoms with E-state index >= 15 is 0 Å². The lowest BCUT2D eigenvalue weighted by atomic mass is 9.76. The molecule has 1 heterocycles. The Labute approximate surface area is 73.9 Å². The van der Waals surface area contributed by atoms with E-state index in [9.17, 15) is 5.11 Å². The largest absolute Gasteiger partial charge is 0.388 e. The van der Waals surface area contributed by atoms with E-state index in [4.69, 9.17) is 10.5 Å². The molecule has 1 atom stereocenters. The fraction of sp³-hybridized carbons (Fsp3) is 1.00. The van der Waals surface area contributed by atoms with Crippen LogP contribution < -0.4 is 5.73 Å².